The zero-order chi connectivity index (χ0) is 28.0. The van der Waals surface area contributed by atoms with Gasteiger partial charge in [-0.2, -0.15) is 0 Å². The van der Waals surface area contributed by atoms with E-state index in [0.717, 1.165) is 60.2 Å². The minimum Gasteiger partial charge on any atom is -0.410 e. The fourth-order valence-corrected chi connectivity index (χ4v) is 7.13. The van der Waals surface area contributed by atoms with Gasteiger partial charge in [-0.15, -0.1) is 0 Å². The number of hydrogen-bond donors (Lipinski definition) is 2. The first-order valence-electron chi connectivity index (χ1n) is 14.5. The van der Waals surface area contributed by atoms with Crippen molar-refractivity contribution in [2.75, 3.05) is 0 Å². The fourth-order valence-electron chi connectivity index (χ4n) is 5.86. The van der Waals surface area contributed by atoms with Crippen LogP contribution in [0.5, 0.6) is 0 Å². The number of pyridine rings is 1. The minimum absolute atomic E-state index is 0.00554. The lowest BCUT2D eigenvalue weighted by Gasteiger charge is -2.45. The Bertz CT molecular complexity index is 1190. The molecule has 4 nitrogen and oxygen atoms in total. The van der Waals surface area contributed by atoms with E-state index in [0.29, 0.717) is 0 Å². The number of aromatic nitrogens is 1. The summed E-state index contributed by atoms with van der Waals surface area (Å²) < 4.78 is 7.24. The van der Waals surface area contributed by atoms with Gasteiger partial charge in [0.15, 0.2) is 8.32 Å². The molecule has 2 aromatic rings. The summed E-state index contributed by atoms with van der Waals surface area (Å²) in [6, 6.07) is 7.69. The summed E-state index contributed by atoms with van der Waals surface area (Å²) >= 11 is 0. The summed E-state index contributed by atoms with van der Waals surface area (Å²) in [4.78, 5) is 5.37. The molecule has 4 rings (SSSR count). The molecule has 1 unspecified atom stereocenters. The first-order chi connectivity index (χ1) is 17.6. The second-order valence-electron chi connectivity index (χ2n) is 14.1. The fraction of sp³-hybridized carbons (Fsp3) is 0.606. The molecular formula is C33H49NO3Si. The molecule has 2 aliphatic rings. The molecule has 2 atom stereocenters. The van der Waals surface area contributed by atoms with E-state index in [4.69, 9.17) is 9.41 Å². The summed E-state index contributed by atoms with van der Waals surface area (Å²) in [5.74, 6) is 0.173. The number of allylic oxidation sites excluding steroid dienone is 2. The van der Waals surface area contributed by atoms with Gasteiger partial charge in [-0.3, -0.25) is 4.98 Å². The first-order valence-corrected chi connectivity index (χ1v) is 17.4. The maximum absolute atomic E-state index is 12.0. The van der Waals surface area contributed by atoms with Crippen LogP contribution in [0.2, 0.25) is 18.1 Å². The summed E-state index contributed by atoms with van der Waals surface area (Å²) in [5, 5.41) is 21.7. The van der Waals surface area contributed by atoms with Crippen molar-refractivity contribution in [3.05, 3.63) is 69.5 Å². The summed E-state index contributed by atoms with van der Waals surface area (Å²) in [5.41, 5.74) is 8.64. The lowest BCUT2D eigenvalue weighted by Crippen LogP contribution is -2.44. The van der Waals surface area contributed by atoms with Crippen LogP contribution in [0.3, 0.4) is 0 Å². The highest BCUT2D eigenvalue weighted by atomic mass is 28.4. The molecule has 2 N–H and O–H groups in total. The van der Waals surface area contributed by atoms with E-state index >= 15 is 0 Å². The van der Waals surface area contributed by atoms with Gasteiger partial charge in [-0.05, 0) is 83.8 Å². The van der Waals surface area contributed by atoms with Gasteiger partial charge in [-0.1, -0.05) is 78.8 Å². The molecular weight excluding hydrogens is 486 g/mol. The zero-order valence-electron chi connectivity index (χ0n) is 25.1. The van der Waals surface area contributed by atoms with Gasteiger partial charge in [0.25, 0.3) is 0 Å². The smallest absolute Gasteiger partial charge is 0.192 e. The van der Waals surface area contributed by atoms with E-state index in [9.17, 15) is 10.2 Å². The summed E-state index contributed by atoms with van der Waals surface area (Å²) in [6.07, 6.45) is 6.66. The molecule has 0 saturated heterocycles. The molecule has 1 aromatic carbocycles. The molecule has 0 spiro atoms. The number of benzene rings is 1. The number of aliphatic hydroxyl groups is 2. The van der Waals surface area contributed by atoms with Crippen molar-refractivity contribution in [3.63, 3.8) is 0 Å². The van der Waals surface area contributed by atoms with Gasteiger partial charge in [0.05, 0.1) is 12.7 Å². The molecule has 0 saturated carbocycles. The molecule has 208 valence electrons. The number of nitrogens with zero attached hydrogens (tertiary/aromatic N) is 1. The average molecular weight is 536 g/mol. The second-order valence-corrected chi connectivity index (χ2v) is 18.9. The van der Waals surface area contributed by atoms with Crippen molar-refractivity contribution >= 4 is 13.9 Å². The molecule has 1 aromatic heterocycles. The van der Waals surface area contributed by atoms with E-state index in [2.05, 4.69) is 67.6 Å². The van der Waals surface area contributed by atoms with Crippen molar-refractivity contribution in [2.45, 2.75) is 123 Å². The van der Waals surface area contributed by atoms with Gasteiger partial charge < -0.3 is 14.6 Å². The highest BCUT2D eigenvalue weighted by molar-refractivity contribution is 6.74. The van der Waals surface area contributed by atoms with Gasteiger partial charge in [-0.25, -0.2) is 0 Å². The molecule has 1 heterocycles. The molecule has 0 amide bonds. The Morgan fingerprint density at radius 2 is 1.79 bits per heavy atom. The number of fused-ring (bicyclic) bond motifs is 1. The largest absolute Gasteiger partial charge is 0.410 e. The third kappa shape index (κ3) is 5.72. The normalized spacial score (nSPS) is 20.4. The highest BCUT2D eigenvalue weighted by Crippen LogP contribution is 2.52. The predicted molar refractivity (Wildman–Crippen MR) is 160 cm³/mol. The van der Waals surface area contributed by atoms with Crippen LogP contribution in [0.1, 0.15) is 131 Å². The topological polar surface area (TPSA) is 62.6 Å². The van der Waals surface area contributed by atoms with Crippen LogP contribution < -0.4 is 0 Å². The Labute approximate surface area is 231 Å². The van der Waals surface area contributed by atoms with Crippen LogP contribution in [0.15, 0.2) is 30.3 Å². The van der Waals surface area contributed by atoms with Crippen LogP contribution >= 0.6 is 0 Å². The van der Waals surface area contributed by atoms with Crippen LogP contribution in [0.4, 0.5) is 0 Å². The Balaban J connectivity index is 2.00. The standard InChI is InChI=1S/C33H49NO3Si/c1-21(2)30-29(31(36)24-16-14-22(20-35)15-17-24)27(23-12-10-11-13-23)28-25(34-30)18-33(6,7)19-26(28)37-38(8,9)32(3,4)5/h12,14-17,21,26,31,35-36H,10-11,13,18-20H2,1-9H3/t26-,31?/m1/s1. The van der Waals surface area contributed by atoms with E-state index < -0.39 is 14.4 Å². The van der Waals surface area contributed by atoms with E-state index in [1.807, 2.05) is 24.3 Å². The van der Waals surface area contributed by atoms with Crippen molar-refractivity contribution in [1.29, 1.82) is 0 Å². The monoisotopic (exact) mass is 535 g/mol. The van der Waals surface area contributed by atoms with Gasteiger partial charge >= 0.3 is 0 Å². The van der Waals surface area contributed by atoms with E-state index in [1.165, 1.54) is 16.7 Å². The van der Waals surface area contributed by atoms with Crippen molar-refractivity contribution < 1.29 is 14.6 Å². The third-order valence-electron chi connectivity index (χ3n) is 8.99. The van der Waals surface area contributed by atoms with Gasteiger partial charge in [0.2, 0.25) is 0 Å². The summed E-state index contributed by atoms with van der Waals surface area (Å²) in [6.45, 7) is 20.7. The lowest BCUT2D eigenvalue weighted by molar-refractivity contribution is 0.105. The van der Waals surface area contributed by atoms with E-state index in [1.54, 1.807) is 0 Å². The average Bonchev–Trinajstić information content (AvgIpc) is 3.35. The number of hydrogen-bond acceptors (Lipinski definition) is 4. The third-order valence-corrected chi connectivity index (χ3v) is 13.5. The molecule has 0 aliphatic heterocycles. The Morgan fingerprint density at radius 3 is 2.32 bits per heavy atom. The Hall–Kier alpha value is -1.79. The zero-order valence-corrected chi connectivity index (χ0v) is 26.1. The van der Waals surface area contributed by atoms with Crippen molar-refractivity contribution in [3.8, 4) is 0 Å². The maximum atomic E-state index is 12.0. The Kier molecular flexibility index (Phi) is 8.18. The van der Waals surface area contributed by atoms with Crippen molar-refractivity contribution in [2.24, 2.45) is 5.41 Å². The lowest BCUT2D eigenvalue weighted by atomic mass is 9.71. The molecule has 38 heavy (non-hydrogen) atoms. The van der Waals surface area contributed by atoms with E-state index in [-0.39, 0.29) is 29.1 Å². The maximum Gasteiger partial charge on any atom is 0.192 e. The SMILES string of the molecule is CC(C)c1nc2c(c(C3=CCCC3)c1C(O)c1ccc(CO)cc1)[C@H](O[Si](C)(C)C(C)(C)C)CC(C)(C)C2. The molecule has 2 aliphatic carbocycles. The van der Waals surface area contributed by atoms with Crippen LogP contribution in [0, 0.1) is 5.41 Å². The first kappa shape index (κ1) is 29.2. The predicted octanol–water partition coefficient (Wildman–Crippen LogP) is 8.38. The van der Waals surface area contributed by atoms with Gasteiger partial charge in [0, 0.05) is 22.5 Å². The molecule has 5 heteroatoms. The quantitative estimate of drug-likeness (QED) is 0.350. The van der Waals surface area contributed by atoms with Crippen LogP contribution in [-0.4, -0.2) is 23.5 Å². The van der Waals surface area contributed by atoms with Gasteiger partial charge in [0.1, 0.15) is 6.10 Å². The van der Waals surface area contributed by atoms with Crippen molar-refractivity contribution in [1.82, 2.24) is 4.98 Å². The Morgan fingerprint density at radius 1 is 1.13 bits per heavy atom. The highest BCUT2D eigenvalue weighted by Gasteiger charge is 2.45. The molecule has 0 radical (unpaired) electrons. The molecule has 0 fully saturated rings. The second kappa shape index (κ2) is 10.6. The number of aliphatic hydroxyl groups excluding tert-OH is 2. The molecule has 0 bridgehead atoms. The summed E-state index contributed by atoms with van der Waals surface area (Å²) in [7, 11) is -2.07. The number of rotatable bonds is 7. The minimum atomic E-state index is -2.07. The van der Waals surface area contributed by atoms with Crippen LogP contribution in [0.25, 0.3) is 5.57 Å². The van der Waals surface area contributed by atoms with Crippen LogP contribution in [-0.2, 0) is 17.5 Å².